The average Bonchev–Trinajstić information content (AvgIpc) is 2.91. The highest BCUT2D eigenvalue weighted by atomic mass is 16.6. The fourth-order valence-electron chi connectivity index (χ4n) is 5.06. The van der Waals surface area contributed by atoms with E-state index >= 15 is 0 Å². The molecule has 1 aliphatic rings. The van der Waals surface area contributed by atoms with E-state index in [1.54, 1.807) is 12.3 Å². The predicted octanol–water partition coefficient (Wildman–Crippen LogP) is 6.66. The van der Waals surface area contributed by atoms with Gasteiger partial charge in [-0.05, 0) is 36.5 Å². The lowest BCUT2D eigenvalue weighted by atomic mass is 9.74. The molecule has 2 aromatic heterocycles. The normalized spacial score (nSPS) is 14.2. The Balaban J connectivity index is 1.56. The molecule has 0 unspecified atom stereocenters. The first-order valence-corrected chi connectivity index (χ1v) is 12.2. The number of primary amides is 1. The van der Waals surface area contributed by atoms with Crippen LogP contribution >= 0.6 is 0 Å². The molecule has 1 amide bonds. The van der Waals surface area contributed by atoms with Gasteiger partial charge in [-0.2, -0.15) is 0 Å². The minimum atomic E-state index is -0.784. The van der Waals surface area contributed by atoms with Crippen LogP contribution in [0, 0.1) is 0 Å². The van der Waals surface area contributed by atoms with Gasteiger partial charge in [-0.25, -0.2) is 4.79 Å². The molecular formula is C31H24N2O4. The van der Waals surface area contributed by atoms with Gasteiger partial charge in [0.15, 0.2) is 5.58 Å². The zero-order chi connectivity index (χ0) is 25.4. The first-order chi connectivity index (χ1) is 18.1. The number of carbonyl (C=O) groups excluding carboxylic acids is 1. The van der Waals surface area contributed by atoms with Crippen molar-refractivity contribution in [3.8, 4) is 33.7 Å². The van der Waals surface area contributed by atoms with Crippen LogP contribution in [0.4, 0.5) is 4.79 Å². The van der Waals surface area contributed by atoms with Gasteiger partial charge in [0.05, 0.1) is 10.9 Å². The molecule has 5 aromatic rings. The molecular weight excluding hydrogens is 464 g/mol. The molecule has 0 radical (unpaired) electrons. The van der Waals surface area contributed by atoms with Gasteiger partial charge in [-0.3, -0.25) is 9.78 Å². The number of nitrogens with two attached hydrogens (primary N) is 1. The molecule has 1 aliphatic carbocycles. The number of aromatic nitrogens is 1. The van der Waals surface area contributed by atoms with Crippen molar-refractivity contribution in [1.29, 1.82) is 0 Å². The number of amides is 1. The Morgan fingerprint density at radius 1 is 0.838 bits per heavy atom. The minimum Gasteiger partial charge on any atom is -0.453 e. The van der Waals surface area contributed by atoms with Crippen LogP contribution in [-0.4, -0.2) is 11.1 Å². The van der Waals surface area contributed by atoms with Crippen LogP contribution in [0.5, 0.6) is 0 Å². The Morgan fingerprint density at radius 2 is 1.49 bits per heavy atom. The van der Waals surface area contributed by atoms with Crippen LogP contribution in [0.2, 0.25) is 0 Å². The van der Waals surface area contributed by atoms with Crippen molar-refractivity contribution in [2.75, 3.05) is 0 Å². The van der Waals surface area contributed by atoms with E-state index in [1.807, 2.05) is 84.9 Å². The number of benzene rings is 3. The summed E-state index contributed by atoms with van der Waals surface area (Å²) in [5.74, 6) is 0.475. The summed E-state index contributed by atoms with van der Waals surface area (Å²) in [6.07, 6.45) is 3.25. The van der Waals surface area contributed by atoms with Crippen LogP contribution < -0.4 is 11.2 Å². The van der Waals surface area contributed by atoms with E-state index in [9.17, 15) is 9.59 Å². The number of hydrogen-bond donors (Lipinski definition) is 1. The number of hydrogen-bond acceptors (Lipinski definition) is 5. The smallest absolute Gasteiger partial charge is 0.405 e. The Bertz CT molecular complexity index is 1660. The summed E-state index contributed by atoms with van der Waals surface area (Å²) in [5, 5.41) is 0.458. The van der Waals surface area contributed by atoms with Crippen molar-refractivity contribution >= 4 is 17.1 Å². The highest BCUT2D eigenvalue weighted by molar-refractivity contribution is 5.95. The lowest BCUT2D eigenvalue weighted by molar-refractivity contribution is -0.0489. The van der Waals surface area contributed by atoms with Gasteiger partial charge in [-0.15, -0.1) is 0 Å². The van der Waals surface area contributed by atoms with Crippen molar-refractivity contribution in [3.63, 3.8) is 0 Å². The summed E-state index contributed by atoms with van der Waals surface area (Å²) >= 11 is 0. The molecule has 2 heterocycles. The molecule has 6 heteroatoms. The number of rotatable bonds is 5. The molecule has 2 N–H and O–H groups in total. The molecule has 0 saturated heterocycles. The second-order valence-electron chi connectivity index (χ2n) is 9.25. The van der Waals surface area contributed by atoms with Crippen molar-refractivity contribution in [2.24, 2.45) is 5.73 Å². The van der Waals surface area contributed by atoms with Crippen LogP contribution in [-0.2, 0) is 10.3 Å². The maximum Gasteiger partial charge on any atom is 0.405 e. The van der Waals surface area contributed by atoms with Gasteiger partial charge >= 0.3 is 6.09 Å². The largest absolute Gasteiger partial charge is 0.453 e. The summed E-state index contributed by atoms with van der Waals surface area (Å²) in [7, 11) is 0. The average molecular weight is 489 g/mol. The van der Waals surface area contributed by atoms with Gasteiger partial charge < -0.3 is 14.9 Å². The molecule has 0 spiro atoms. The monoisotopic (exact) mass is 488 g/mol. The lowest BCUT2D eigenvalue weighted by Gasteiger charge is -2.40. The fourth-order valence-corrected chi connectivity index (χ4v) is 5.06. The van der Waals surface area contributed by atoms with Crippen molar-refractivity contribution in [1.82, 2.24) is 4.98 Å². The van der Waals surface area contributed by atoms with Gasteiger partial charge in [0.2, 0.25) is 5.43 Å². The molecule has 1 fully saturated rings. The van der Waals surface area contributed by atoms with Crippen molar-refractivity contribution in [2.45, 2.75) is 24.9 Å². The number of nitrogens with zero attached hydrogens (tertiary/aromatic N) is 1. The van der Waals surface area contributed by atoms with Crippen molar-refractivity contribution < 1.29 is 13.9 Å². The third-order valence-corrected chi connectivity index (χ3v) is 7.05. The van der Waals surface area contributed by atoms with E-state index in [0.29, 0.717) is 33.6 Å². The molecule has 1 saturated carbocycles. The van der Waals surface area contributed by atoms with Gasteiger partial charge in [0.1, 0.15) is 17.1 Å². The first kappa shape index (κ1) is 22.7. The minimum absolute atomic E-state index is 0.140. The Kier molecular flexibility index (Phi) is 5.57. The topological polar surface area (TPSA) is 95.4 Å². The summed E-state index contributed by atoms with van der Waals surface area (Å²) in [5.41, 5.74) is 9.26. The standard InChI is InChI=1S/C31H24N2O4/c32-30(35)37-31(17-7-18-31)23-14-12-20(13-15-23)25-27(34)24-16-19-33-26(21-8-3-1-4-9-21)29(24)36-28(25)22-10-5-2-6-11-22/h1-6,8-16,19H,7,17-18H2,(H2,32,35). The number of carbonyl (C=O) groups is 1. The summed E-state index contributed by atoms with van der Waals surface area (Å²) < 4.78 is 12.0. The van der Waals surface area contributed by atoms with E-state index in [4.69, 9.17) is 14.9 Å². The van der Waals surface area contributed by atoms with Crippen molar-refractivity contribution in [3.05, 3.63) is 113 Å². The Hall–Kier alpha value is -4.71. The summed E-state index contributed by atoms with van der Waals surface area (Å²) in [4.78, 5) is 30.1. The van der Waals surface area contributed by atoms with E-state index in [2.05, 4.69) is 4.98 Å². The van der Waals surface area contributed by atoms with Gasteiger partial charge in [0.25, 0.3) is 0 Å². The second kappa shape index (κ2) is 9.06. The highest BCUT2D eigenvalue weighted by Crippen LogP contribution is 2.45. The van der Waals surface area contributed by atoms with E-state index < -0.39 is 11.7 Å². The molecule has 0 aliphatic heterocycles. The summed E-state index contributed by atoms with van der Waals surface area (Å²) in [6.45, 7) is 0. The molecule has 6 nitrogen and oxygen atoms in total. The van der Waals surface area contributed by atoms with E-state index in [0.717, 1.165) is 36.0 Å². The van der Waals surface area contributed by atoms with E-state index in [-0.39, 0.29) is 5.43 Å². The Labute approximate surface area is 213 Å². The van der Waals surface area contributed by atoms with Crippen LogP contribution in [0.25, 0.3) is 44.7 Å². The van der Waals surface area contributed by atoms with Crippen LogP contribution in [0.3, 0.4) is 0 Å². The summed E-state index contributed by atoms with van der Waals surface area (Å²) in [6, 6.07) is 28.5. The Morgan fingerprint density at radius 3 is 2.08 bits per heavy atom. The van der Waals surface area contributed by atoms with Crippen LogP contribution in [0.15, 0.2) is 106 Å². The van der Waals surface area contributed by atoms with E-state index in [1.165, 1.54) is 0 Å². The third-order valence-electron chi connectivity index (χ3n) is 7.05. The molecule has 37 heavy (non-hydrogen) atoms. The molecule has 0 atom stereocenters. The van der Waals surface area contributed by atoms with Gasteiger partial charge in [-0.1, -0.05) is 84.9 Å². The SMILES string of the molecule is NC(=O)OC1(c2ccc(-c3c(-c4ccccc4)oc4c(-c5ccccc5)nccc4c3=O)cc2)CCC1. The zero-order valence-corrected chi connectivity index (χ0v) is 20.0. The fraction of sp³-hybridized carbons (Fsp3) is 0.129. The maximum atomic E-state index is 14.0. The second-order valence-corrected chi connectivity index (χ2v) is 9.25. The molecule has 182 valence electrons. The van der Waals surface area contributed by atoms with Gasteiger partial charge in [0, 0.05) is 17.3 Å². The highest BCUT2D eigenvalue weighted by Gasteiger charge is 2.42. The molecule has 0 bridgehead atoms. The maximum absolute atomic E-state index is 14.0. The lowest BCUT2D eigenvalue weighted by Crippen LogP contribution is -2.40. The predicted molar refractivity (Wildman–Crippen MR) is 143 cm³/mol. The first-order valence-electron chi connectivity index (χ1n) is 12.2. The number of fused-ring (bicyclic) bond motifs is 1. The quantitative estimate of drug-likeness (QED) is 0.298. The third kappa shape index (κ3) is 3.96. The molecule has 3 aromatic carbocycles. The number of pyridine rings is 1. The molecule has 6 rings (SSSR count). The number of ether oxygens (including phenoxy) is 1. The van der Waals surface area contributed by atoms with Crippen LogP contribution in [0.1, 0.15) is 24.8 Å². The zero-order valence-electron chi connectivity index (χ0n) is 20.0.